The standard InChI is InChI=1S/C15H17N3O2S/c1-10-16-8-13(14(19)17-10)15(20)18(2)9-11-5-4-6-12(7-11)21-3/h4-8H,9H2,1-3H3,(H,16,17,19). The second kappa shape index (κ2) is 6.58. The maximum atomic E-state index is 12.3. The van der Waals surface area contributed by atoms with Crippen molar-refractivity contribution in [2.75, 3.05) is 13.3 Å². The van der Waals surface area contributed by atoms with Gasteiger partial charge in [0, 0.05) is 24.7 Å². The van der Waals surface area contributed by atoms with Crippen LogP contribution in [0.4, 0.5) is 0 Å². The number of aromatic nitrogens is 2. The third-order valence-electron chi connectivity index (χ3n) is 3.06. The summed E-state index contributed by atoms with van der Waals surface area (Å²) in [5.41, 5.74) is 0.676. The average molecular weight is 303 g/mol. The molecule has 1 heterocycles. The molecule has 0 aliphatic carbocycles. The van der Waals surface area contributed by atoms with Gasteiger partial charge in [0.25, 0.3) is 11.5 Å². The van der Waals surface area contributed by atoms with Gasteiger partial charge in [-0.15, -0.1) is 11.8 Å². The quantitative estimate of drug-likeness (QED) is 0.878. The SMILES string of the molecule is CSc1cccc(CN(C)C(=O)c2cnc(C)[nH]c2=O)c1. The molecule has 0 atom stereocenters. The van der Waals surface area contributed by atoms with Crippen molar-refractivity contribution in [3.8, 4) is 0 Å². The minimum absolute atomic E-state index is 0.0594. The van der Waals surface area contributed by atoms with Gasteiger partial charge in [-0.1, -0.05) is 12.1 Å². The minimum Gasteiger partial charge on any atom is -0.337 e. The number of hydrogen-bond acceptors (Lipinski definition) is 4. The molecule has 2 rings (SSSR count). The van der Waals surface area contributed by atoms with E-state index >= 15 is 0 Å². The molecule has 1 amide bonds. The van der Waals surface area contributed by atoms with Crippen molar-refractivity contribution >= 4 is 17.7 Å². The molecule has 110 valence electrons. The Morgan fingerprint density at radius 1 is 1.43 bits per heavy atom. The fourth-order valence-electron chi connectivity index (χ4n) is 1.96. The largest absolute Gasteiger partial charge is 0.337 e. The van der Waals surface area contributed by atoms with Gasteiger partial charge in [-0.2, -0.15) is 0 Å². The van der Waals surface area contributed by atoms with Gasteiger partial charge in [0.15, 0.2) is 0 Å². The maximum absolute atomic E-state index is 12.3. The lowest BCUT2D eigenvalue weighted by atomic mass is 10.2. The van der Waals surface area contributed by atoms with Gasteiger partial charge in [0.2, 0.25) is 0 Å². The summed E-state index contributed by atoms with van der Waals surface area (Å²) in [5.74, 6) is 0.158. The second-order valence-corrected chi connectivity index (χ2v) is 5.60. The number of hydrogen-bond donors (Lipinski definition) is 1. The van der Waals surface area contributed by atoms with E-state index in [0.29, 0.717) is 12.4 Å². The molecule has 0 fully saturated rings. The summed E-state index contributed by atoms with van der Waals surface area (Å²) in [5, 5.41) is 0. The van der Waals surface area contributed by atoms with Crippen LogP contribution in [-0.4, -0.2) is 34.1 Å². The fraction of sp³-hybridized carbons (Fsp3) is 0.267. The van der Waals surface area contributed by atoms with Crippen molar-refractivity contribution in [1.82, 2.24) is 14.9 Å². The Morgan fingerprint density at radius 3 is 2.86 bits per heavy atom. The third kappa shape index (κ3) is 3.72. The van der Waals surface area contributed by atoms with Crippen molar-refractivity contribution in [2.45, 2.75) is 18.4 Å². The number of rotatable bonds is 4. The van der Waals surface area contributed by atoms with Crippen molar-refractivity contribution in [2.24, 2.45) is 0 Å². The second-order valence-electron chi connectivity index (χ2n) is 4.72. The molecule has 21 heavy (non-hydrogen) atoms. The van der Waals surface area contributed by atoms with Gasteiger partial charge < -0.3 is 9.88 Å². The number of aromatic amines is 1. The third-order valence-corrected chi connectivity index (χ3v) is 3.78. The van der Waals surface area contributed by atoms with Crippen molar-refractivity contribution in [1.29, 1.82) is 0 Å². The number of H-pyrrole nitrogens is 1. The molecule has 0 aliphatic heterocycles. The normalized spacial score (nSPS) is 10.4. The molecule has 5 nitrogen and oxygen atoms in total. The minimum atomic E-state index is -0.405. The van der Waals surface area contributed by atoms with Crippen LogP contribution in [0, 0.1) is 6.92 Å². The summed E-state index contributed by atoms with van der Waals surface area (Å²) in [7, 11) is 1.67. The number of amides is 1. The number of carbonyl (C=O) groups is 1. The lowest BCUT2D eigenvalue weighted by molar-refractivity contribution is 0.0782. The summed E-state index contributed by atoms with van der Waals surface area (Å²) in [6.45, 7) is 2.12. The zero-order valence-corrected chi connectivity index (χ0v) is 13.0. The van der Waals surface area contributed by atoms with E-state index in [1.54, 1.807) is 25.7 Å². The number of nitrogens with zero attached hydrogens (tertiary/aromatic N) is 2. The summed E-state index contributed by atoms with van der Waals surface area (Å²) in [6.07, 6.45) is 3.33. The molecule has 0 radical (unpaired) electrons. The first-order valence-electron chi connectivity index (χ1n) is 6.45. The summed E-state index contributed by atoms with van der Waals surface area (Å²) >= 11 is 1.65. The number of benzene rings is 1. The van der Waals surface area contributed by atoms with Crippen molar-refractivity contribution in [3.63, 3.8) is 0 Å². The van der Waals surface area contributed by atoms with Crippen LogP contribution in [-0.2, 0) is 6.54 Å². The Balaban J connectivity index is 2.17. The molecule has 0 unspecified atom stereocenters. The number of nitrogens with one attached hydrogen (secondary N) is 1. The van der Waals surface area contributed by atoms with E-state index in [-0.39, 0.29) is 11.5 Å². The van der Waals surface area contributed by atoms with Gasteiger partial charge in [-0.3, -0.25) is 9.59 Å². The molecular weight excluding hydrogens is 286 g/mol. The topological polar surface area (TPSA) is 66.1 Å². The van der Waals surface area contributed by atoms with E-state index < -0.39 is 5.56 Å². The van der Waals surface area contributed by atoms with Gasteiger partial charge in [0.1, 0.15) is 11.4 Å². The first kappa shape index (κ1) is 15.3. The van der Waals surface area contributed by atoms with Crippen LogP contribution < -0.4 is 5.56 Å². The molecular formula is C15H17N3O2S. The molecule has 6 heteroatoms. The van der Waals surface area contributed by atoms with Crippen LogP contribution in [0.5, 0.6) is 0 Å². The fourth-order valence-corrected chi connectivity index (χ4v) is 2.44. The average Bonchev–Trinajstić information content (AvgIpc) is 2.46. The highest BCUT2D eigenvalue weighted by molar-refractivity contribution is 7.98. The molecule has 0 bridgehead atoms. The van der Waals surface area contributed by atoms with Crippen LogP contribution in [0.1, 0.15) is 21.7 Å². The zero-order chi connectivity index (χ0) is 15.4. The monoisotopic (exact) mass is 303 g/mol. The summed E-state index contributed by atoms with van der Waals surface area (Å²) < 4.78 is 0. The number of carbonyl (C=O) groups excluding carboxylic acids is 1. The summed E-state index contributed by atoms with van der Waals surface area (Å²) in [4.78, 5) is 33.3. The Hall–Kier alpha value is -2.08. The van der Waals surface area contributed by atoms with Crippen LogP contribution in [0.3, 0.4) is 0 Å². The molecule has 1 N–H and O–H groups in total. The predicted octanol–water partition coefficient (Wildman–Crippen LogP) is 2.07. The molecule has 1 aromatic heterocycles. The molecule has 2 aromatic rings. The van der Waals surface area contributed by atoms with Crippen LogP contribution in [0.15, 0.2) is 40.2 Å². The van der Waals surface area contributed by atoms with Crippen LogP contribution in [0.2, 0.25) is 0 Å². The lowest BCUT2D eigenvalue weighted by Crippen LogP contribution is -2.31. The molecule has 0 saturated heterocycles. The Morgan fingerprint density at radius 2 is 2.19 bits per heavy atom. The maximum Gasteiger partial charge on any atom is 0.263 e. The molecule has 0 aliphatic rings. The Labute approximate surface area is 127 Å². The highest BCUT2D eigenvalue weighted by Gasteiger charge is 2.16. The first-order chi connectivity index (χ1) is 10.0. The predicted molar refractivity (Wildman–Crippen MR) is 83.6 cm³/mol. The zero-order valence-electron chi connectivity index (χ0n) is 12.2. The van der Waals surface area contributed by atoms with E-state index in [0.717, 1.165) is 10.5 Å². The van der Waals surface area contributed by atoms with Gasteiger partial charge in [-0.25, -0.2) is 4.98 Å². The summed E-state index contributed by atoms with van der Waals surface area (Å²) in [6, 6.07) is 7.97. The smallest absolute Gasteiger partial charge is 0.263 e. The van der Waals surface area contributed by atoms with E-state index in [1.807, 2.05) is 30.5 Å². The van der Waals surface area contributed by atoms with E-state index in [9.17, 15) is 9.59 Å². The van der Waals surface area contributed by atoms with E-state index in [1.165, 1.54) is 11.1 Å². The first-order valence-corrected chi connectivity index (χ1v) is 7.68. The number of aryl methyl sites for hydroxylation is 1. The lowest BCUT2D eigenvalue weighted by Gasteiger charge is -2.17. The van der Waals surface area contributed by atoms with Gasteiger partial charge in [-0.05, 0) is 30.9 Å². The van der Waals surface area contributed by atoms with Crippen molar-refractivity contribution < 1.29 is 4.79 Å². The molecule has 0 spiro atoms. The van der Waals surface area contributed by atoms with Crippen LogP contribution in [0.25, 0.3) is 0 Å². The number of thioether (sulfide) groups is 1. The Bertz CT molecular complexity index is 712. The Kier molecular flexibility index (Phi) is 4.80. The van der Waals surface area contributed by atoms with Crippen molar-refractivity contribution in [3.05, 3.63) is 57.8 Å². The van der Waals surface area contributed by atoms with Gasteiger partial charge >= 0.3 is 0 Å². The highest BCUT2D eigenvalue weighted by atomic mass is 32.2. The molecule has 1 aromatic carbocycles. The van der Waals surface area contributed by atoms with E-state index in [2.05, 4.69) is 9.97 Å². The van der Waals surface area contributed by atoms with E-state index in [4.69, 9.17) is 0 Å². The highest BCUT2D eigenvalue weighted by Crippen LogP contribution is 2.17. The molecule has 0 saturated carbocycles. The van der Waals surface area contributed by atoms with Gasteiger partial charge in [0.05, 0.1) is 0 Å². The van der Waals surface area contributed by atoms with Crippen LogP contribution >= 0.6 is 11.8 Å².